The Morgan fingerprint density at radius 1 is 1.39 bits per heavy atom. The summed E-state index contributed by atoms with van der Waals surface area (Å²) in [5.41, 5.74) is 1.13. The Kier molecular flexibility index (Phi) is 4.77. The summed E-state index contributed by atoms with van der Waals surface area (Å²) in [6.07, 6.45) is 2.23. The minimum absolute atomic E-state index is 0.391. The molecule has 0 aromatic carbocycles. The number of nitrogens with one attached hydrogen (secondary N) is 1. The molecule has 1 N–H and O–H groups in total. The lowest BCUT2D eigenvalue weighted by atomic mass is 10.2. The number of hydrogen-bond acceptors (Lipinski definition) is 5. The van der Waals surface area contributed by atoms with Crippen LogP contribution in [0.2, 0.25) is 0 Å². The molecule has 0 aliphatic heterocycles. The van der Waals surface area contributed by atoms with Crippen LogP contribution in [0, 0.1) is 0 Å². The van der Waals surface area contributed by atoms with Gasteiger partial charge in [0, 0.05) is 17.1 Å². The van der Waals surface area contributed by atoms with E-state index in [1.165, 1.54) is 5.01 Å². The smallest absolute Gasteiger partial charge is 0.208 e. The average molecular weight is 282 g/mol. The first-order valence-corrected chi connectivity index (χ1v) is 8.04. The molecule has 2 rings (SSSR count). The molecule has 2 heterocycles. The van der Waals surface area contributed by atoms with Gasteiger partial charge < -0.3 is 0 Å². The molecule has 0 aliphatic rings. The topological polar surface area (TPSA) is 54.5 Å². The summed E-state index contributed by atoms with van der Waals surface area (Å²) in [7, 11) is 0. The molecule has 98 valence electrons. The molecule has 0 spiro atoms. The second-order valence-electron chi connectivity index (χ2n) is 4.43. The Morgan fingerprint density at radius 2 is 2.22 bits per heavy atom. The fraction of sp³-hybridized carbons (Fsp3) is 0.583. The first kappa shape index (κ1) is 13.5. The van der Waals surface area contributed by atoms with Gasteiger partial charge in [-0.2, -0.15) is 0 Å². The Hall–Kier alpha value is -0.880. The maximum absolute atomic E-state index is 4.59. The number of thiazole rings is 1. The second kappa shape index (κ2) is 6.33. The lowest BCUT2D eigenvalue weighted by Crippen LogP contribution is -1.89. The Bertz CT molecular complexity index is 490. The van der Waals surface area contributed by atoms with E-state index in [9.17, 15) is 0 Å². The first-order valence-electron chi connectivity index (χ1n) is 6.17. The minimum atomic E-state index is 0.391. The lowest BCUT2D eigenvalue weighted by molar-refractivity contribution is 0.780. The number of aromatic amines is 1. The molecule has 2 aromatic heterocycles. The maximum atomic E-state index is 4.59. The third-order valence-corrected chi connectivity index (χ3v) is 4.28. The van der Waals surface area contributed by atoms with Gasteiger partial charge in [0.25, 0.3) is 0 Å². The van der Waals surface area contributed by atoms with Crippen LogP contribution in [-0.4, -0.2) is 20.2 Å². The predicted molar refractivity (Wildman–Crippen MR) is 76.1 cm³/mol. The van der Waals surface area contributed by atoms with Crippen LogP contribution in [0.4, 0.5) is 0 Å². The van der Waals surface area contributed by atoms with Crippen LogP contribution in [0.3, 0.4) is 0 Å². The largest absolute Gasteiger partial charge is 0.262 e. The number of hydrogen-bond donors (Lipinski definition) is 1. The van der Waals surface area contributed by atoms with Crippen molar-refractivity contribution in [1.82, 2.24) is 20.2 Å². The fourth-order valence-corrected chi connectivity index (χ4v) is 3.17. The first-order chi connectivity index (χ1) is 8.69. The summed E-state index contributed by atoms with van der Waals surface area (Å²) < 4.78 is 0. The molecule has 6 heteroatoms. The molecular formula is C12H18N4S2. The average Bonchev–Trinajstić information content (AvgIpc) is 2.95. The van der Waals surface area contributed by atoms with Crippen LogP contribution in [0.15, 0.2) is 10.5 Å². The van der Waals surface area contributed by atoms with Crippen LogP contribution in [-0.2, 0) is 12.2 Å². The van der Waals surface area contributed by atoms with Gasteiger partial charge >= 0.3 is 0 Å². The van der Waals surface area contributed by atoms with Gasteiger partial charge in [0.1, 0.15) is 5.82 Å². The second-order valence-corrected chi connectivity index (χ2v) is 6.31. The molecule has 0 aliphatic carbocycles. The van der Waals surface area contributed by atoms with Crippen LogP contribution in [0.1, 0.15) is 49.6 Å². The van der Waals surface area contributed by atoms with Gasteiger partial charge in [-0.1, -0.05) is 32.5 Å². The van der Waals surface area contributed by atoms with Crippen molar-refractivity contribution < 1.29 is 0 Å². The molecule has 18 heavy (non-hydrogen) atoms. The highest BCUT2D eigenvalue weighted by Crippen LogP contribution is 2.22. The Balaban J connectivity index is 1.89. The number of aromatic nitrogens is 4. The number of nitrogens with zero attached hydrogens (tertiary/aromatic N) is 3. The Labute approximate surface area is 116 Å². The summed E-state index contributed by atoms with van der Waals surface area (Å²) in [5.74, 6) is 2.18. The molecule has 0 saturated heterocycles. The van der Waals surface area contributed by atoms with E-state index in [2.05, 4.69) is 46.3 Å². The summed E-state index contributed by atoms with van der Waals surface area (Å²) in [6.45, 7) is 6.38. The molecule has 2 aromatic rings. The normalized spacial score (nSPS) is 11.3. The van der Waals surface area contributed by atoms with E-state index in [4.69, 9.17) is 0 Å². The van der Waals surface area contributed by atoms with Crippen molar-refractivity contribution in [2.45, 2.75) is 50.4 Å². The highest BCUT2D eigenvalue weighted by Gasteiger charge is 2.08. The van der Waals surface area contributed by atoms with E-state index in [1.807, 2.05) is 0 Å². The molecule has 0 amide bonds. The molecule has 0 unspecified atom stereocenters. The van der Waals surface area contributed by atoms with Crippen LogP contribution in [0.5, 0.6) is 0 Å². The SMILES string of the molecule is CCCc1nc(CSc2n[nH]c(C(C)C)n2)cs1. The minimum Gasteiger partial charge on any atom is -0.262 e. The van der Waals surface area contributed by atoms with E-state index in [0.29, 0.717) is 5.92 Å². The predicted octanol–water partition coefficient (Wildman–Crippen LogP) is 3.63. The zero-order valence-electron chi connectivity index (χ0n) is 10.9. The van der Waals surface area contributed by atoms with Crippen molar-refractivity contribution in [2.24, 2.45) is 0 Å². The molecule has 0 radical (unpaired) electrons. The van der Waals surface area contributed by atoms with Crippen molar-refractivity contribution in [3.8, 4) is 0 Å². The molecular weight excluding hydrogens is 264 g/mol. The van der Waals surface area contributed by atoms with E-state index >= 15 is 0 Å². The van der Waals surface area contributed by atoms with Crippen LogP contribution in [0.25, 0.3) is 0 Å². The van der Waals surface area contributed by atoms with E-state index in [-0.39, 0.29) is 0 Å². The lowest BCUT2D eigenvalue weighted by Gasteiger charge is -1.95. The highest BCUT2D eigenvalue weighted by atomic mass is 32.2. The van der Waals surface area contributed by atoms with Gasteiger partial charge in [0.2, 0.25) is 5.16 Å². The third kappa shape index (κ3) is 3.55. The fourth-order valence-electron chi connectivity index (χ4n) is 1.46. The molecule has 0 saturated carbocycles. The van der Waals surface area contributed by atoms with E-state index in [0.717, 1.165) is 35.3 Å². The quantitative estimate of drug-likeness (QED) is 0.822. The van der Waals surface area contributed by atoms with Gasteiger partial charge in [-0.05, 0) is 12.8 Å². The summed E-state index contributed by atoms with van der Waals surface area (Å²) >= 11 is 3.38. The van der Waals surface area contributed by atoms with Gasteiger partial charge in [0.05, 0.1) is 10.7 Å². The standard InChI is InChI=1S/C12H18N4S2/c1-4-5-10-13-9(6-17-10)7-18-12-14-11(8(2)3)15-16-12/h6,8H,4-5,7H2,1-3H3,(H,14,15,16). The van der Waals surface area contributed by atoms with Gasteiger partial charge in [-0.15, -0.1) is 16.4 Å². The van der Waals surface area contributed by atoms with E-state index < -0.39 is 0 Å². The molecule has 0 bridgehead atoms. The third-order valence-electron chi connectivity index (χ3n) is 2.44. The summed E-state index contributed by atoms with van der Waals surface area (Å²) in [4.78, 5) is 9.03. The summed E-state index contributed by atoms with van der Waals surface area (Å²) in [5, 5.41) is 11.3. The number of rotatable bonds is 6. The number of aryl methyl sites for hydroxylation is 1. The zero-order chi connectivity index (χ0) is 13.0. The highest BCUT2D eigenvalue weighted by molar-refractivity contribution is 7.98. The van der Waals surface area contributed by atoms with Crippen LogP contribution < -0.4 is 0 Å². The zero-order valence-corrected chi connectivity index (χ0v) is 12.6. The van der Waals surface area contributed by atoms with Crippen molar-refractivity contribution in [1.29, 1.82) is 0 Å². The molecule has 4 nitrogen and oxygen atoms in total. The van der Waals surface area contributed by atoms with Crippen molar-refractivity contribution in [3.63, 3.8) is 0 Å². The maximum Gasteiger partial charge on any atom is 0.208 e. The Morgan fingerprint density at radius 3 is 2.89 bits per heavy atom. The van der Waals surface area contributed by atoms with Crippen molar-refractivity contribution >= 4 is 23.1 Å². The van der Waals surface area contributed by atoms with Crippen molar-refractivity contribution in [2.75, 3.05) is 0 Å². The molecule has 0 atom stereocenters. The number of thioether (sulfide) groups is 1. The monoisotopic (exact) mass is 282 g/mol. The molecule has 0 fully saturated rings. The van der Waals surface area contributed by atoms with E-state index in [1.54, 1.807) is 23.1 Å². The van der Waals surface area contributed by atoms with Gasteiger partial charge in [-0.25, -0.2) is 9.97 Å². The summed E-state index contributed by atoms with van der Waals surface area (Å²) in [6, 6.07) is 0. The van der Waals surface area contributed by atoms with Gasteiger partial charge in [0.15, 0.2) is 0 Å². The van der Waals surface area contributed by atoms with Crippen molar-refractivity contribution in [3.05, 3.63) is 21.9 Å². The van der Waals surface area contributed by atoms with Gasteiger partial charge in [-0.3, -0.25) is 5.10 Å². The van der Waals surface area contributed by atoms with Crippen LogP contribution >= 0.6 is 23.1 Å². The number of H-pyrrole nitrogens is 1.